The highest BCUT2D eigenvalue weighted by molar-refractivity contribution is 5.98. The number of carbonyl (C=O) groups is 2. The minimum absolute atomic E-state index is 0.0497. The van der Waals surface area contributed by atoms with Crippen molar-refractivity contribution >= 4 is 28.4 Å². The van der Waals surface area contributed by atoms with Crippen LogP contribution in [0.1, 0.15) is 34.5 Å². The van der Waals surface area contributed by atoms with Crippen molar-refractivity contribution in [2.45, 2.75) is 31.4 Å². The number of hydroxylamine groups is 3. The second-order valence-corrected chi connectivity index (χ2v) is 13.5. The first-order valence-electron chi connectivity index (χ1n) is 19.2. The molecule has 3 aliphatic rings. The number of fused-ring (bicyclic) bond motifs is 2. The van der Waals surface area contributed by atoms with Crippen molar-refractivity contribution in [3.8, 4) is 23.3 Å². The average molecular weight is 839 g/mol. The molecule has 0 radical (unpaired) electrons. The van der Waals surface area contributed by atoms with E-state index in [1.807, 2.05) is 6.07 Å². The molecule has 0 saturated carbocycles. The average Bonchev–Trinajstić information content (AvgIpc) is 3.99. The fourth-order valence-corrected chi connectivity index (χ4v) is 6.11. The van der Waals surface area contributed by atoms with Crippen LogP contribution in [0.5, 0.6) is 11.5 Å². The minimum Gasteiger partial charge on any atom is -0.377 e. The van der Waals surface area contributed by atoms with Gasteiger partial charge in [-0.15, -0.1) is 0 Å². The summed E-state index contributed by atoms with van der Waals surface area (Å²) in [5.41, 5.74) is 4.88. The number of hydrogen-bond donors (Lipinski definition) is 5. The van der Waals surface area contributed by atoms with Crippen LogP contribution in [-0.4, -0.2) is 112 Å². The number of nitrogens with one attached hydrogen (secondary N) is 4. The molecule has 5 N–H and O–H groups in total. The van der Waals surface area contributed by atoms with E-state index < -0.39 is 29.6 Å². The number of H-pyrrole nitrogens is 1. The SMILES string of the molecule is O=C(NCCOCCOCCOCCOCC#Cc1ccc2c(c1)ON(C1CCONO1)O2)c1cc2cc(N3CC[C@@](O)(C(=O)NCc4cc(F)cc(F)c4)O3)ccc2[nH]1. The molecule has 0 aliphatic carbocycles. The Morgan fingerprint density at radius 3 is 2.40 bits per heavy atom. The van der Waals surface area contributed by atoms with E-state index in [1.165, 1.54) is 10.3 Å². The van der Waals surface area contributed by atoms with Gasteiger partial charge in [-0.2, -0.15) is 0 Å². The smallest absolute Gasteiger partial charge is 0.282 e. The molecule has 320 valence electrons. The van der Waals surface area contributed by atoms with Crippen LogP contribution in [0.15, 0.2) is 60.7 Å². The summed E-state index contributed by atoms with van der Waals surface area (Å²) in [5, 5.41) is 19.5. The van der Waals surface area contributed by atoms with Crippen LogP contribution in [-0.2, 0) is 44.8 Å². The van der Waals surface area contributed by atoms with Gasteiger partial charge in [-0.1, -0.05) is 17.5 Å². The summed E-state index contributed by atoms with van der Waals surface area (Å²) in [5.74, 6) is 2.21. The Morgan fingerprint density at radius 2 is 1.63 bits per heavy atom. The van der Waals surface area contributed by atoms with E-state index in [0.717, 1.165) is 23.8 Å². The third kappa shape index (κ3) is 11.6. The topological polar surface area (TPSA) is 196 Å². The lowest BCUT2D eigenvalue weighted by Crippen LogP contribution is -2.47. The van der Waals surface area contributed by atoms with Crippen molar-refractivity contribution in [1.29, 1.82) is 0 Å². The molecule has 3 aliphatic heterocycles. The number of anilines is 1. The van der Waals surface area contributed by atoms with E-state index in [0.29, 0.717) is 86.5 Å². The largest absolute Gasteiger partial charge is 0.377 e. The highest BCUT2D eigenvalue weighted by Gasteiger charge is 2.45. The number of ether oxygens (including phenoxy) is 4. The maximum atomic E-state index is 13.5. The van der Waals surface area contributed by atoms with Gasteiger partial charge >= 0.3 is 0 Å². The molecule has 20 heteroatoms. The molecule has 3 aromatic carbocycles. The Bertz CT molecular complexity index is 2140. The maximum Gasteiger partial charge on any atom is 0.282 e. The number of rotatable bonds is 19. The zero-order chi connectivity index (χ0) is 41.7. The van der Waals surface area contributed by atoms with Crippen LogP contribution in [0.3, 0.4) is 0 Å². The number of hydrogen-bond acceptors (Lipinski definition) is 15. The first-order valence-corrected chi connectivity index (χ1v) is 19.2. The van der Waals surface area contributed by atoms with Crippen LogP contribution >= 0.6 is 0 Å². The molecule has 60 heavy (non-hydrogen) atoms. The third-order valence-electron chi connectivity index (χ3n) is 9.10. The molecule has 4 heterocycles. The molecule has 7 rings (SSSR count). The molecule has 1 aromatic heterocycles. The van der Waals surface area contributed by atoms with E-state index in [9.17, 15) is 23.5 Å². The summed E-state index contributed by atoms with van der Waals surface area (Å²) >= 11 is 0. The zero-order valence-corrected chi connectivity index (χ0v) is 32.3. The van der Waals surface area contributed by atoms with E-state index >= 15 is 0 Å². The molecule has 2 atom stereocenters. The molecule has 2 amide bonds. The third-order valence-corrected chi connectivity index (χ3v) is 9.10. The van der Waals surface area contributed by atoms with Crippen molar-refractivity contribution < 1.29 is 66.6 Å². The van der Waals surface area contributed by atoms with Crippen LogP contribution in [0.4, 0.5) is 14.5 Å². The molecule has 18 nitrogen and oxygen atoms in total. The molecule has 0 bridgehead atoms. The maximum absolute atomic E-state index is 13.5. The Labute approximate surface area is 342 Å². The van der Waals surface area contributed by atoms with Crippen LogP contribution in [0.2, 0.25) is 0 Å². The first kappa shape index (κ1) is 42.7. The standard InChI is InChI=1S/C40H44F2N6O12/c41-30-20-28(21-31(42)25-30)26-44-39(50)40(51)8-10-47(60-40)32-4-5-33-29(23-32)24-34(45-33)38(49)43-9-13-53-15-17-55-19-18-54-16-14-52-11-1-2-27-3-6-35-36(22-27)59-48(58-35)37-7-12-56-46-57-37/h3-6,20-25,37,45-46,51H,7-19,26H2,(H,43,49)(H,44,50)/t37?,40-/m0/s1. The van der Waals surface area contributed by atoms with Gasteiger partial charge in [0.1, 0.15) is 23.9 Å². The fourth-order valence-electron chi connectivity index (χ4n) is 6.11. The number of aliphatic hydroxyl groups is 1. The van der Waals surface area contributed by atoms with E-state index in [1.54, 1.807) is 36.4 Å². The van der Waals surface area contributed by atoms with E-state index in [-0.39, 0.29) is 50.7 Å². The van der Waals surface area contributed by atoms with Gasteiger partial charge in [-0.3, -0.25) is 24.3 Å². The predicted octanol–water partition coefficient (Wildman–Crippen LogP) is 2.53. The summed E-state index contributed by atoms with van der Waals surface area (Å²) in [6.45, 7) is 3.53. The van der Waals surface area contributed by atoms with Crippen molar-refractivity contribution in [2.24, 2.45) is 0 Å². The van der Waals surface area contributed by atoms with Gasteiger partial charge in [0.05, 0.1) is 70.3 Å². The molecule has 0 spiro atoms. The number of aromatic amines is 1. The van der Waals surface area contributed by atoms with Crippen molar-refractivity contribution in [2.75, 3.05) is 77.6 Å². The molecule has 1 unspecified atom stereocenters. The van der Waals surface area contributed by atoms with Gasteiger partial charge in [0.15, 0.2) is 11.5 Å². The molecule has 2 saturated heterocycles. The van der Waals surface area contributed by atoms with Crippen LogP contribution in [0.25, 0.3) is 10.9 Å². The van der Waals surface area contributed by atoms with Crippen molar-refractivity contribution in [3.63, 3.8) is 0 Å². The second kappa shape index (κ2) is 20.7. The molecule has 2 fully saturated rings. The Balaban J connectivity index is 0.701. The van der Waals surface area contributed by atoms with Gasteiger partial charge in [0, 0.05) is 54.5 Å². The Kier molecular flexibility index (Phi) is 14.7. The number of amides is 2. The highest BCUT2D eigenvalue weighted by atomic mass is 19.1. The van der Waals surface area contributed by atoms with Gasteiger partial charge < -0.3 is 49.3 Å². The number of halogens is 2. The van der Waals surface area contributed by atoms with Crippen molar-refractivity contribution in [3.05, 3.63) is 89.1 Å². The minimum atomic E-state index is -2.18. The fraction of sp³-hybridized carbons (Fsp3) is 0.400. The number of benzene rings is 3. The van der Waals surface area contributed by atoms with E-state index in [4.69, 9.17) is 43.1 Å². The summed E-state index contributed by atoms with van der Waals surface area (Å²) in [6.07, 6.45) is 0.0696. The van der Waals surface area contributed by atoms with Gasteiger partial charge in [-0.05, 0) is 54.1 Å². The summed E-state index contributed by atoms with van der Waals surface area (Å²) < 4.78 is 49.1. The lowest BCUT2D eigenvalue weighted by atomic mass is 10.1. The number of carbonyl (C=O) groups excluding carboxylic acids is 2. The monoisotopic (exact) mass is 838 g/mol. The lowest BCUT2D eigenvalue weighted by Gasteiger charge is -2.26. The number of aromatic nitrogens is 1. The molecular formula is C40H44F2N6O12. The molecule has 4 aromatic rings. The van der Waals surface area contributed by atoms with Crippen molar-refractivity contribution in [1.82, 2.24) is 26.5 Å². The Hall–Kier alpha value is -5.44. The normalized spacial score (nSPS) is 18.7. The quantitative estimate of drug-likeness (QED) is 0.0683. The van der Waals surface area contributed by atoms with Crippen LogP contribution in [0, 0.1) is 23.5 Å². The second-order valence-electron chi connectivity index (χ2n) is 13.5. The summed E-state index contributed by atoms with van der Waals surface area (Å²) in [4.78, 5) is 55.7. The van der Waals surface area contributed by atoms with E-state index in [2.05, 4.69) is 33.1 Å². The van der Waals surface area contributed by atoms with Gasteiger partial charge in [0.2, 0.25) is 6.23 Å². The highest BCUT2D eigenvalue weighted by Crippen LogP contribution is 2.36. The number of nitrogens with zero attached hydrogens (tertiary/aromatic N) is 2. The zero-order valence-electron chi connectivity index (χ0n) is 32.3. The van der Waals surface area contributed by atoms with Gasteiger partial charge in [-0.25, -0.2) is 13.6 Å². The molecular weight excluding hydrogens is 794 g/mol. The van der Waals surface area contributed by atoms with Crippen LogP contribution < -0.4 is 31.0 Å². The van der Waals surface area contributed by atoms with Gasteiger partial charge in [0.25, 0.3) is 17.6 Å². The first-order chi connectivity index (χ1) is 29.2. The summed E-state index contributed by atoms with van der Waals surface area (Å²) in [7, 11) is 0. The summed E-state index contributed by atoms with van der Waals surface area (Å²) in [6, 6.07) is 15.2. The lowest BCUT2D eigenvalue weighted by molar-refractivity contribution is -0.376. The predicted molar refractivity (Wildman–Crippen MR) is 205 cm³/mol. The Morgan fingerprint density at radius 1 is 0.883 bits per heavy atom.